The minimum atomic E-state index is -0.931. The molecule has 0 aliphatic carbocycles. The summed E-state index contributed by atoms with van der Waals surface area (Å²) < 4.78 is 18.8. The molecule has 1 rings (SSSR count). The highest BCUT2D eigenvalue weighted by atomic mass is 16.5. The first kappa shape index (κ1) is 22.6. The van der Waals surface area contributed by atoms with Crippen LogP contribution in [0.3, 0.4) is 0 Å². The molecule has 3 atom stereocenters. The number of nitrogens with zero attached hydrogens (tertiary/aromatic N) is 3. The molecule has 3 unspecified atom stereocenters. The average Bonchev–Trinajstić information content (AvgIpc) is 2.62. The molecule has 0 radical (unpaired) electrons. The van der Waals surface area contributed by atoms with Gasteiger partial charge < -0.3 is 14.2 Å². The highest BCUT2D eigenvalue weighted by Crippen LogP contribution is 2.07. The molecule has 9 heteroatoms. The Morgan fingerprint density at radius 1 is 0.667 bits per heavy atom. The number of rotatable bonds is 12. The third kappa shape index (κ3) is 5.25. The van der Waals surface area contributed by atoms with Crippen LogP contribution in [-0.2, 0) is 14.2 Å². The van der Waals surface area contributed by atoms with Crippen LogP contribution in [0.5, 0.6) is 0 Å². The fourth-order valence-corrected chi connectivity index (χ4v) is 2.37. The highest BCUT2D eigenvalue weighted by Gasteiger charge is 2.25. The molecule has 1 heterocycles. The van der Waals surface area contributed by atoms with E-state index in [1.54, 1.807) is 0 Å². The van der Waals surface area contributed by atoms with Gasteiger partial charge in [0.05, 0.1) is 19.8 Å². The lowest BCUT2D eigenvalue weighted by Gasteiger charge is -2.23. The van der Waals surface area contributed by atoms with Crippen molar-refractivity contribution in [3.05, 3.63) is 69.4 Å². The zero-order valence-electron chi connectivity index (χ0n) is 16.0. The molecule has 1 aromatic heterocycles. The van der Waals surface area contributed by atoms with Gasteiger partial charge in [0, 0.05) is 0 Å². The second-order valence-corrected chi connectivity index (χ2v) is 5.62. The van der Waals surface area contributed by atoms with Gasteiger partial charge in [0.2, 0.25) is 0 Å². The highest BCUT2D eigenvalue weighted by molar-refractivity contribution is 4.84. The van der Waals surface area contributed by atoms with Crippen LogP contribution in [0.4, 0.5) is 0 Å². The molecule has 0 N–H and O–H groups in total. The van der Waals surface area contributed by atoms with Crippen molar-refractivity contribution in [2.45, 2.75) is 39.5 Å². The van der Waals surface area contributed by atoms with Gasteiger partial charge in [0.1, 0.15) is 18.7 Å². The largest absolute Gasteiger partial charge is 0.354 e. The number of aromatic nitrogens is 3. The molecule has 0 aliphatic heterocycles. The molecule has 150 valence electrons. The van der Waals surface area contributed by atoms with Crippen LogP contribution in [0.25, 0.3) is 0 Å². The maximum Gasteiger partial charge on any atom is 0.340 e. The molecule has 0 bridgehead atoms. The van der Waals surface area contributed by atoms with Gasteiger partial charge in [0.25, 0.3) is 0 Å². The summed E-state index contributed by atoms with van der Waals surface area (Å²) in [6, 6.07) is 0. The van der Waals surface area contributed by atoms with E-state index in [9.17, 15) is 14.4 Å². The Labute approximate surface area is 157 Å². The predicted octanol–water partition coefficient (Wildman–Crippen LogP) is 1.33. The van der Waals surface area contributed by atoms with Crippen molar-refractivity contribution in [3.63, 3.8) is 0 Å². The van der Waals surface area contributed by atoms with Crippen molar-refractivity contribution >= 4 is 0 Å². The fourth-order valence-electron chi connectivity index (χ4n) is 2.37. The standard InChI is InChI=1S/C18H27N3O6/c1-7-10-25-13(4)19-16(22)20(14(5)26-11-8-2)18(24)21(17(19)23)15(6)27-12-9-3/h7-9,13-15H,1-3,10-12H2,4-6H3. The molecule has 9 nitrogen and oxygen atoms in total. The molecule has 0 aliphatic rings. The Balaban J connectivity index is 3.67. The maximum absolute atomic E-state index is 12.9. The summed E-state index contributed by atoms with van der Waals surface area (Å²) in [6.45, 7) is 15.5. The normalized spacial score (nSPS) is 14.3. The van der Waals surface area contributed by atoms with Gasteiger partial charge in [-0.1, -0.05) is 18.2 Å². The summed E-state index contributed by atoms with van der Waals surface area (Å²) in [7, 11) is 0. The van der Waals surface area contributed by atoms with E-state index >= 15 is 0 Å². The van der Waals surface area contributed by atoms with Crippen LogP contribution in [0.15, 0.2) is 52.3 Å². The van der Waals surface area contributed by atoms with Crippen LogP contribution >= 0.6 is 0 Å². The molecule has 0 amide bonds. The van der Waals surface area contributed by atoms with E-state index in [1.165, 1.54) is 39.0 Å². The van der Waals surface area contributed by atoms with Gasteiger partial charge in [0.15, 0.2) is 0 Å². The van der Waals surface area contributed by atoms with Gasteiger partial charge in [-0.3, -0.25) is 0 Å². The van der Waals surface area contributed by atoms with E-state index in [0.717, 1.165) is 13.7 Å². The van der Waals surface area contributed by atoms with Crippen LogP contribution < -0.4 is 17.1 Å². The van der Waals surface area contributed by atoms with E-state index in [-0.39, 0.29) is 19.8 Å². The number of hydrogen-bond acceptors (Lipinski definition) is 6. The van der Waals surface area contributed by atoms with E-state index in [2.05, 4.69) is 19.7 Å². The predicted molar refractivity (Wildman–Crippen MR) is 102 cm³/mol. The van der Waals surface area contributed by atoms with Gasteiger partial charge in [-0.2, -0.15) is 0 Å². The van der Waals surface area contributed by atoms with E-state index < -0.39 is 35.8 Å². The zero-order chi connectivity index (χ0) is 20.6. The van der Waals surface area contributed by atoms with E-state index in [4.69, 9.17) is 14.2 Å². The minimum Gasteiger partial charge on any atom is -0.354 e. The van der Waals surface area contributed by atoms with Crippen molar-refractivity contribution < 1.29 is 14.2 Å². The molecule has 0 saturated heterocycles. The first-order chi connectivity index (χ1) is 12.8. The van der Waals surface area contributed by atoms with E-state index in [0.29, 0.717) is 0 Å². The van der Waals surface area contributed by atoms with Crippen molar-refractivity contribution in [3.8, 4) is 0 Å². The monoisotopic (exact) mass is 381 g/mol. The first-order valence-electron chi connectivity index (χ1n) is 8.48. The number of ether oxygens (including phenoxy) is 3. The Kier molecular flexibility index (Phi) is 8.86. The molecule has 27 heavy (non-hydrogen) atoms. The third-order valence-electron chi connectivity index (χ3n) is 3.69. The topological polar surface area (TPSA) is 93.7 Å². The van der Waals surface area contributed by atoms with Gasteiger partial charge >= 0.3 is 17.1 Å². The van der Waals surface area contributed by atoms with Gasteiger partial charge in [-0.15, -0.1) is 19.7 Å². The van der Waals surface area contributed by atoms with Crippen LogP contribution in [-0.4, -0.2) is 33.5 Å². The number of hydrogen-bond donors (Lipinski definition) is 0. The summed E-state index contributed by atoms with van der Waals surface area (Å²) in [5.74, 6) is 0. The Morgan fingerprint density at radius 3 is 1.07 bits per heavy atom. The summed E-state index contributed by atoms with van der Waals surface area (Å²) in [5, 5.41) is 0. The second kappa shape index (κ2) is 10.6. The lowest BCUT2D eigenvalue weighted by Crippen LogP contribution is -2.57. The Morgan fingerprint density at radius 2 is 0.889 bits per heavy atom. The van der Waals surface area contributed by atoms with Crippen LogP contribution in [0.1, 0.15) is 39.5 Å². The first-order valence-corrected chi connectivity index (χ1v) is 8.48. The Hall–Kier alpha value is -2.49. The second-order valence-electron chi connectivity index (χ2n) is 5.62. The smallest absolute Gasteiger partial charge is 0.340 e. The lowest BCUT2D eigenvalue weighted by molar-refractivity contribution is -0.0118. The third-order valence-corrected chi connectivity index (χ3v) is 3.69. The summed E-state index contributed by atoms with van der Waals surface area (Å²) in [5.41, 5.74) is -2.53. The van der Waals surface area contributed by atoms with Crippen LogP contribution in [0, 0.1) is 0 Å². The van der Waals surface area contributed by atoms with Gasteiger partial charge in [-0.05, 0) is 20.8 Å². The zero-order valence-corrected chi connectivity index (χ0v) is 16.0. The van der Waals surface area contributed by atoms with Crippen molar-refractivity contribution in [1.82, 2.24) is 13.7 Å². The lowest BCUT2D eigenvalue weighted by atomic mass is 10.5. The quantitative estimate of drug-likeness (QED) is 0.507. The molecule has 0 fully saturated rings. The molecular weight excluding hydrogens is 354 g/mol. The van der Waals surface area contributed by atoms with Crippen LogP contribution in [0.2, 0.25) is 0 Å². The van der Waals surface area contributed by atoms with Crippen molar-refractivity contribution in [1.29, 1.82) is 0 Å². The fraction of sp³-hybridized carbons (Fsp3) is 0.500. The molecule has 1 aromatic rings. The van der Waals surface area contributed by atoms with Gasteiger partial charge in [-0.25, -0.2) is 28.1 Å². The summed E-state index contributed by atoms with van der Waals surface area (Å²) in [4.78, 5) is 38.6. The molecular formula is C18H27N3O6. The molecule has 0 spiro atoms. The minimum absolute atomic E-state index is 0.122. The summed E-state index contributed by atoms with van der Waals surface area (Å²) in [6.07, 6.45) is 1.67. The average molecular weight is 381 g/mol. The summed E-state index contributed by atoms with van der Waals surface area (Å²) >= 11 is 0. The molecule has 0 saturated carbocycles. The Bertz CT molecular complexity index is 695. The SMILES string of the molecule is C=CCOC(C)n1c(=O)n(C(C)OCC=C)c(=O)n(C(C)OCC=C)c1=O. The maximum atomic E-state index is 12.9. The van der Waals surface area contributed by atoms with E-state index in [1.807, 2.05) is 0 Å². The van der Waals surface area contributed by atoms with Crippen molar-refractivity contribution in [2.75, 3.05) is 19.8 Å². The van der Waals surface area contributed by atoms with Crippen molar-refractivity contribution in [2.24, 2.45) is 0 Å². The molecule has 0 aromatic carbocycles.